The van der Waals surface area contributed by atoms with E-state index in [1.807, 2.05) is 6.07 Å². The maximum absolute atomic E-state index is 12.4. The molecule has 116 valence electrons. The number of likely N-dealkylation sites (tertiary alicyclic amines) is 1. The minimum atomic E-state index is -0.118. The van der Waals surface area contributed by atoms with E-state index in [0.29, 0.717) is 23.6 Å². The highest BCUT2D eigenvalue weighted by atomic mass is 16.2. The second-order valence-corrected chi connectivity index (χ2v) is 6.63. The summed E-state index contributed by atoms with van der Waals surface area (Å²) in [6.07, 6.45) is 1.72. The number of nitrogens with one attached hydrogen (secondary N) is 1. The van der Waals surface area contributed by atoms with Gasteiger partial charge in [0.05, 0.1) is 6.20 Å². The van der Waals surface area contributed by atoms with Crippen LogP contribution < -0.4 is 5.32 Å². The van der Waals surface area contributed by atoms with Crippen molar-refractivity contribution in [1.82, 2.24) is 20.4 Å². The van der Waals surface area contributed by atoms with Gasteiger partial charge in [-0.15, -0.1) is 5.10 Å². The van der Waals surface area contributed by atoms with Crippen molar-refractivity contribution >= 4 is 5.91 Å². The topological polar surface area (TPSA) is 58.1 Å². The number of carbonyl (C=O) groups excluding carboxylic acids is 1. The van der Waals surface area contributed by atoms with Gasteiger partial charge in [0.1, 0.15) is 0 Å². The lowest BCUT2D eigenvalue weighted by Gasteiger charge is -2.20. The van der Waals surface area contributed by atoms with Crippen LogP contribution in [0.1, 0.15) is 56.6 Å². The van der Waals surface area contributed by atoms with Crippen LogP contribution in [-0.4, -0.2) is 46.2 Å². The molecule has 1 aliphatic rings. The largest absolute Gasteiger partial charge is 0.346 e. The van der Waals surface area contributed by atoms with Gasteiger partial charge in [0.15, 0.2) is 5.69 Å². The van der Waals surface area contributed by atoms with Crippen LogP contribution in [0.2, 0.25) is 0 Å². The van der Waals surface area contributed by atoms with Gasteiger partial charge in [-0.1, -0.05) is 20.8 Å². The number of nitrogens with zero attached hydrogens (tertiary/aromatic N) is 3. The summed E-state index contributed by atoms with van der Waals surface area (Å²) in [5, 5.41) is 11.0. The van der Waals surface area contributed by atoms with E-state index in [1.54, 1.807) is 6.20 Å². The van der Waals surface area contributed by atoms with Gasteiger partial charge in [0.2, 0.25) is 0 Å². The second kappa shape index (κ2) is 6.52. The molecule has 2 atom stereocenters. The molecular formula is C16H26N4O. The Morgan fingerprint density at radius 3 is 2.62 bits per heavy atom. The van der Waals surface area contributed by atoms with Crippen LogP contribution in [0.3, 0.4) is 0 Å². The molecule has 5 nitrogen and oxygen atoms in total. The van der Waals surface area contributed by atoms with Gasteiger partial charge in [-0.2, -0.15) is 5.10 Å². The Kier molecular flexibility index (Phi) is 4.93. The SMILES string of the molecule is CC(C)c1cnnc(C(=O)NC2CN(C(C)C)CC2C)c1. The van der Waals surface area contributed by atoms with E-state index in [1.165, 1.54) is 0 Å². The van der Waals surface area contributed by atoms with Gasteiger partial charge < -0.3 is 5.32 Å². The van der Waals surface area contributed by atoms with Crippen molar-refractivity contribution in [3.05, 3.63) is 23.5 Å². The zero-order chi connectivity index (χ0) is 15.6. The Morgan fingerprint density at radius 1 is 1.33 bits per heavy atom. The molecule has 0 bridgehead atoms. The number of hydrogen-bond acceptors (Lipinski definition) is 4. The van der Waals surface area contributed by atoms with Gasteiger partial charge in [-0.3, -0.25) is 9.69 Å². The van der Waals surface area contributed by atoms with Crippen LogP contribution in [-0.2, 0) is 0 Å². The molecule has 0 aromatic carbocycles. The number of amides is 1. The van der Waals surface area contributed by atoms with Gasteiger partial charge in [-0.25, -0.2) is 0 Å². The lowest BCUT2D eigenvalue weighted by molar-refractivity contribution is 0.0924. The molecular weight excluding hydrogens is 264 g/mol. The van der Waals surface area contributed by atoms with Gasteiger partial charge in [0, 0.05) is 25.2 Å². The van der Waals surface area contributed by atoms with Crippen molar-refractivity contribution < 1.29 is 4.79 Å². The molecule has 1 aromatic heterocycles. The molecule has 1 fully saturated rings. The summed E-state index contributed by atoms with van der Waals surface area (Å²) in [5.74, 6) is 0.680. The summed E-state index contributed by atoms with van der Waals surface area (Å²) < 4.78 is 0. The molecule has 1 amide bonds. The lowest BCUT2D eigenvalue weighted by atomic mass is 10.0. The summed E-state index contributed by atoms with van der Waals surface area (Å²) in [7, 11) is 0. The van der Waals surface area contributed by atoms with E-state index in [4.69, 9.17) is 0 Å². The van der Waals surface area contributed by atoms with E-state index in [9.17, 15) is 4.79 Å². The van der Waals surface area contributed by atoms with Crippen molar-refractivity contribution in [2.45, 2.75) is 52.6 Å². The van der Waals surface area contributed by atoms with Crippen LogP contribution in [0.25, 0.3) is 0 Å². The highest BCUT2D eigenvalue weighted by Crippen LogP contribution is 2.19. The molecule has 1 aliphatic heterocycles. The third-order valence-electron chi connectivity index (χ3n) is 4.26. The van der Waals surface area contributed by atoms with Crippen LogP contribution in [0.4, 0.5) is 0 Å². The highest BCUT2D eigenvalue weighted by Gasteiger charge is 2.32. The maximum Gasteiger partial charge on any atom is 0.272 e. The van der Waals surface area contributed by atoms with Crippen molar-refractivity contribution in [1.29, 1.82) is 0 Å². The standard InChI is InChI=1S/C16H26N4O/c1-10(2)13-6-14(19-17-7-13)16(21)18-15-9-20(11(3)4)8-12(15)5/h6-7,10-12,15H,8-9H2,1-5H3,(H,18,21). The zero-order valence-corrected chi connectivity index (χ0v) is 13.6. The molecule has 0 saturated carbocycles. The van der Waals surface area contributed by atoms with Crippen molar-refractivity contribution in [3.63, 3.8) is 0 Å². The van der Waals surface area contributed by atoms with E-state index >= 15 is 0 Å². The molecule has 2 unspecified atom stereocenters. The smallest absolute Gasteiger partial charge is 0.272 e. The molecule has 1 aromatic rings. The van der Waals surface area contributed by atoms with E-state index in [-0.39, 0.29) is 11.9 Å². The number of rotatable bonds is 4. The molecule has 1 saturated heterocycles. The monoisotopic (exact) mass is 290 g/mol. The third kappa shape index (κ3) is 3.79. The first kappa shape index (κ1) is 15.9. The summed E-state index contributed by atoms with van der Waals surface area (Å²) >= 11 is 0. The normalized spacial score (nSPS) is 23.0. The first-order chi connectivity index (χ1) is 9.88. The predicted octanol–water partition coefficient (Wildman–Crippen LogP) is 2.06. The van der Waals surface area contributed by atoms with Crippen molar-refractivity contribution in [3.8, 4) is 0 Å². The molecule has 1 N–H and O–H groups in total. The second-order valence-electron chi connectivity index (χ2n) is 6.63. The van der Waals surface area contributed by atoms with E-state index < -0.39 is 0 Å². The fourth-order valence-electron chi connectivity index (χ4n) is 2.66. The van der Waals surface area contributed by atoms with E-state index in [0.717, 1.165) is 18.7 Å². The fourth-order valence-corrected chi connectivity index (χ4v) is 2.66. The molecule has 0 aliphatic carbocycles. The van der Waals surface area contributed by atoms with Gasteiger partial charge >= 0.3 is 0 Å². The summed E-state index contributed by atoms with van der Waals surface area (Å²) in [5.41, 5.74) is 1.45. The Morgan fingerprint density at radius 2 is 2.05 bits per heavy atom. The minimum Gasteiger partial charge on any atom is -0.346 e. The molecule has 21 heavy (non-hydrogen) atoms. The number of hydrogen-bond donors (Lipinski definition) is 1. The minimum absolute atomic E-state index is 0.118. The summed E-state index contributed by atoms with van der Waals surface area (Å²) in [6.45, 7) is 12.7. The Hall–Kier alpha value is -1.49. The van der Waals surface area contributed by atoms with Crippen LogP contribution in [0, 0.1) is 5.92 Å². The molecule has 0 spiro atoms. The zero-order valence-electron chi connectivity index (χ0n) is 13.6. The number of aromatic nitrogens is 2. The molecule has 0 radical (unpaired) electrons. The Balaban J connectivity index is 2.03. The highest BCUT2D eigenvalue weighted by molar-refractivity contribution is 5.92. The van der Waals surface area contributed by atoms with Crippen molar-refractivity contribution in [2.75, 3.05) is 13.1 Å². The number of carbonyl (C=O) groups is 1. The maximum atomic E-state index is 12.4. The summed E-state index contributed by atoms with van der Waals surface area (Å²) in [4.78, 5) is 14.8. The Bertz CT molecular complexity index is 501. The van der Waals surface area contributed by atoms with E-state index in [2.05, 4.69) is 55.0 Å². The van der Waals surface area contributed by atoms with Crippen molar-refractivity contribution in [2.24, 2.45) is 5.92 Å². The first-order valence-corrected chi connectivity index (χ1v) is 7.76. The molecule has 2 rings (SSSR count). The van der Waals surface area contributed by atoms with Gasteiger partial charge in [0.25, 0.3) is 5.91 Å². The predicted molar refractivity (Wildman–Crippen MR) is 83.2 cm³/mol. The average molecular weight is 290 g/mol. The third-order valence-corrected chi connectivity index (χ3v) is 4.26. The average Bonchev–Trinajstić information content (AvgIpc) is 2.80. The molecule has 2 heterocycles. The van der Waals surface area contributed by atoms with Crippen LogP contribution in [0.5, 0.6) is 0 Å². The fraction of sp³-hybridized carbons (Fsp3) is 0.688. The summed E-state index contributed by atoms with van der Waals surface area (Å²) in [6, 6.07) is 2.54. The first-order valence-electron chi connectivity index (χ1n) is 7.76. The lowest BCUT2D eigenvalue weighted by Crippen LogP contribution is -2.41. The van der Waals surface area contributed by atoms with Crippen LogP contribution in [0.15, 0.2) is 12.3 Å². The van der Waals surface area contributed by atoms with Crippen LogP contribution >= 0.6 is 0 Å². The Labute approximate surface area is 127 Å². The van der Waals surface area contributed by atoms with Gasteiger partial charge in [-0.05, 0) is 37.3 Å². The quantitative estimate of drug-likeness (QED) is 0.922. The molecule has 5 heteroatoms.